The van der Waals surface area contributed by atoms with Crippen LogP contribution in [0.5, 0.6) is 0 Å². The molecule has 3 rings (SSSR count). The van der Waals surface area contributed by atoms with Crippen molar-refractivity contribution < 1.29 is 4.79 Å². The number of carbonyl (C=O) groups is 1. The summed E-state index contributed by atoms with van der Waals surface area (Å²) in [6.45, 7) is 0. The van der Waals surface area contributed by atoms with Gasteiger partial charge in [-0.25, -0.2) is 0 Å². The fourth-order valence-electron chi connectivity index (χ4n) is 2.07. The molecule has 3 aliphatic carbocycles. The van der Waals surface area contributed by atoms with E-state index < -0.39 is 0 Å². The van der Waals surface area contributed by atoms with Crippen molar-refractivity contribution in [3.8, 4) is 0 Å². The van der Waals surface area contributed by atoms with Crippen LogP contribution in [0.4, 0.5) is 0 Å². The van der Waals surface area contributed by atoms with Crippen molar-refractivity contribution in [3.63, 3.8) is 0 Å². The van der Waals surface area contributed by atoms with Crippen LogP contribution in [0.25, 0.3) is 0 Å². The van der Waals surface area contributed by atoms with Gasteiger partial charge in [-0.05, 0) is 31.1 Å². The lowest BCUT2D eigenvalue weighted by Gasteiger charge is -2.31. The van der Waals surface area contributed by atoms with Gasteiger partial charge >= 0.3 is 0 Å². The first-order chi connectivity index (χ1) is 4.75. The normalized spacial score (nSPS) is 46.1. The first-order valence-electron chi connectivity index (χ1n) is 3.92. The lowest BCUT2D eigenvalue weighted by Crippen LogP contribution is -2.21. The van der Waals surface area contributed by atoms with E-state index >= 15 is 0 Å². The summed E-state index contributed by atoms with van der Waals surface area (Å²) in [5.41, 5.74) is 0. The zero-order chi connectivity index (χ0) is 7.14. The molecule has 2 bridgehead atoms. The van der Waals surface area contributed by atoms with Gasteiger partial charge in [-0.2, -0.15) is 0 Å². The third-order valence-electron chi connectivity index (χ3n) is 2.71. The molecule has 3 fully saturated rings. The summed E-state index contributed by atoms with van der Waals surface area (Å²) in [7, 11) is 0. The molecule has 1 unspecified atom stereocenters. The highest BCUT2D eigenvalue weighted by Crippen LogP contribution is 2.43. The first kappa shape index (κ1) is 6.84. The fourth-order valence-corrected chi connectivity index (χ4v) is 2.78. The number of halogens is 1. The molecular formula is C8H11BrO. The number of fused-ring (bicyclic) bond motifs is 3. The Bertz CT molecular complexity index is 161. The van der Waals surface area contributed by atoms with Crippen LogP contribution in [-0.4, -0.2) is 10.6 Å². The number of rotatable bonds is 0. The minimum absolute atomic E-state index is 0.185. The van der Waals surface area contributed by atoms with Gasteiger partial charge in [-0.15, -0.1) is 0 Å². The second-order valence-electron chi connectivity index (χ2n) is 3.58. The maximum atomic E-state index is 11.2. The SMILES string of the molecule is O=C1CC2CC(C2)CC1Br. The van der Waals surface area contributed by atoms with E-state index in [0.717, 1.165) is 24.7 Å². The molecule has 0 amide bonds. The summed E-state index contributed by atoms with van der Waals surface area (Å²) < 4.78 is 0. The van der Waals surface area contributed by atoms with E-state index in [4.69, 9.17) is 0 Å². The number of Topliss-reactive ketones (excluding diaryl/α,β-unsaturated/α-hetero) is 1. The van der Waals surface area contributed by atoms with Gasteiger partial charge in [0.25, 0.3) is 0 Å². The molecule has 0 saturated heterocycles. The number of carbonyl (C=O) groups excluding carboxylic acids is 1. The van der Waals surface area contributed by atoms with Crippen molar-refractivity contribution in [2.24, 2.45) is 11.8 Å². The molecule has 3 aliphatic rings. The average molecular weight is 203 g/mol. The van der Waals surface area contributed by atoms with E-state index in [1.807, 2.05) is 0 Å². The Balaban J connectivity index is 2.08. The van der Waals surface area contributed by atoms with Crippen LogP contribution in [0.2, 0.25) is 0 Å². The van der Waals surface area contributed by atoms with Gasteiger partial charge in [0.2, 0.25) is 0 Å². The molecule has 0 heterocycles. The number of ketones is 1. The highest BCUT2D eigenvalue weighted by Gasteiger charge is 2.37. The van der Waals surface area contributed by atoms with E-state index in [9.17, 15) is 4.79 Å². The third kappa shape index (κ3) is 1.03. The highest BCUT2D eigenvalue weighted by atomic mass is 79.9. The van der Waals surface area contributed by atoms with Crippen molar-refractivity contribution in [1.82, 2.24) is 0 Å². The number of hydrogen-bond acceptors (Lipinski definition) is 1. The Morgan fingerprint density at radius 2 is 1.90 bits per heavy atom. The van der Waals surface area contributed by atoms with E-state index in [-0.39, 0.29) is 4.83 Å². The summed E-state index contributed by atoms with van der Waals surface area (Å²) in [5, 5.41) is 0. The Hall–Kier alpha value is 0.150. The Kier molecular flexibility index (Phi) is 1.59. The summed E-state index contributed by atoms with van der Waals surface area (Å²) >= 11 is 3.42. The van der Waals surface area contributed by atoms with Gasteiger partial charge < -0.3 is 0 Å². The van der Waals surface area contributed by atoms with Crippen molar-refractivity contribution in [3.05, 3.63) is 0 Å². The summed E-state index contributed by atoms with van der Waals surface area (Å²) in [6, 6.07) is 0. The van der Waals surface area contributed by atoms with Crippen LogP contribution >= 0.6 is 15.9 Å². The molecule has 10 heavy (non-hydrogen) atoms. The van der Waals surface area contributed by atoms with E-state index in [0.29, 0.717) is 5.78 Å². The molecule has 0 spiro atoms. The Morgan fingerprint density at radius 1 is 1.20 bits per heavy atom. The fraction of sp³-hybridized carbons (Fsp3) is 0.875. The van der Waals surface area contributed by atoms with Crippen molar-refractivity contribution in [2.45, 2.75) is 30.5 Å². The van der Waals surface area contributed by atoms with Gasteiger partial charge in [0.05, 0.1) is 4.83 Å². The van der Waals surface area contributed by atoms with Gasteiger partial charge in [-0.1, -0.05) is 15.9 Å². The first-order valence-corrected chi connectivity index (χ1v) is 4.84. The van der Waals surface area contributed by atoms with Crippen LogP contribution in [0.15, 0.2) is 0 Å². The standard InChI is InChI=1S/C8H11BrO/c9-7-3-5-1-6(2-5)4-8(7)10/h5-7H,1-4H2. The molecule has 0 aromatic heterocycles. The quantitative estimate of drug-likeness (QED) is 0.551. The molecule has 0 aromatic rings. The minimum Gasteiger partial charge on any atom is -0.298 e. The molecular weight excluding hydrogens is 192 g/mol. The second-order valence-corrected chi connectivity index (χ2v) is 4.68. The predicted octanol–water partition coefficient (Wildman–Crippen LogP) is 2.14. The molecule has 1 nitrogen and oxygen atoms in total. The summed E-state index contributed by atoms with van der Waals surface area (Å²) in [5.74, 6) is 2.05. The average Bonchev–Trinajstić information content (AvgIpc) is 1.97. The maximum absolute atomic E-state index is 11.2. The highest BCUT2D eigenvalue weighted by molar-refractivity contribution is 9.10. The van der Waals surface area contributed by atoms with Gasteiger partial charge in [-0.3, -0.25) is 4.79 Å². The van der Waals surface area contributed by atoms with Crippen LogP contribution < -0.4 is 0 Å². The molecule has 1 atom stereocenters. The van der Waals surface area contributed by atoms with E-state index in [2.05, 4.69) is 15.9 Å². The largest absolute Gasteiger partial charge is 0.298 e. The molecule has 0 aromatic carbocycles. The number of alkyl halides is 1. The smallest absolute Gasteiger partial charge is 0.146 e. The molecule has 3 saturated carbocycles. The molecule has 2 heteroatoms. The molecule has 0 aliphatic heterocycles. The monoisotopic (exact) mass is 202 g/mol. The van der Waals surface area contributed by atoms with E-state index in [1.165, 1.54) is 12.8 Å². The van der Waals surface area contributed by atoms with Crippen LogP contribution in [0.3, 0.4) is 0 Å². The maximum Gasteiger partial charge on any atom is 0.146 e. The van der Waals surface area contributed by atoms with Crippen LogP contribution in [-0.2, 0) is 4.79 Å². The zero-order valence-electron chi connectivity index (χ0n) is 5.85. The zero-order valence-corrected chi connectivity index (χ0v) is 7.43. The minimum atomic E-state index is 0.185. The number of hydrogen-bond donors (Lipinski definition) is 0. The molecule has 56 valence electrons. The summed E-state index contributed by atoms with van der Waals surface area (Å²) in [4.78, 5) is 11.4. The Morgan fingerprint density at radius 3 is 2.60 bits per heavy atom. The van der Waals surface area contributed by atoms with Crippen molar-refractivity contribution in [2.75, 3.05) is 0 Å². The van der Waals surface area contributed by atoms with Crippen LogP contribution in [0.1, 0.15) is 25.7 Å². The van der Waals surface area contributed by atoms with Crippen molar-refractivity contribution >= 4 is 21.7 Å². The lowest BCUT2D eigenvalue weighted by atomic mass is 9.74. The van der Waals surface area contributed by atoms with Gasteiger partial charge in [0.15, 0.2) is 0 Å². The topological polar surface area (TPSA) is 17.1 Å². The predicted molar refractivity (Wildman–Crippen MR) is 43.2 cm³/mol. The van der Waals surface area contributed by atoms with Crippen LogP contribution in [0, 0.1) is 11.8 Å². The third-order valence-corrected chi connectivity index (χ3v) is 3.60. The lowest BCUT2D eigenvalue weighted by molar-refractivity contribution is -0.118. The van der Waals surface area contributed by atoms with E-state index in [1.54, 1.807) is 0 Å². The van der Waals surface area contributed by atoms with Gasteiger partial charge in [0.1, 0.15) is 5.78 Å². The van der Waals surface area contributed by atoms with Gasteiger partial charge in [0, 0.05) is 6.42 Å². The Labute approximate surface area is 69.3 Å². The summed E-state index contributed by atoms with van der Waals surface area (Å²) in [6.07, 6.45) is 4.56. The van der Waals surface area contributed by atoms with Crippen molar-refractivity contribution in [1.29, 1.82) is 0 Å². The second kappa shape index (κ2) is 2.33. The molecule has 0 radical (unpaired) electrons. The molecule has 0 N–H and O–H groups in total.